The van der Waals surface area contributed by atoms with Crippen molar-refractivity contribution in [1.82, 2.24) is 4.90 Å². The fourth-order valence-electron chi connectivity index (χ4n) is 2.53. The van der Waals surface area contributed by atoms with Gasteiger partial charge in [-0.05, 0) is 24.3 Å². The third-order valence-corrected chi connectivity index (χ3v) is 3.46. The Labute approximate surface area is 92.8 Å². The van der Waals surface area contributed by atoms with E-state index >= 15 is 0 Å². The summed E-state index contributed by atoms with van der Waals surface area (Å²) in [5.74, 6) is 0.582. The number of likely N-dealkylation sites (tertiary alicyclic amines) is 1. The van der Waals surface area contributed by atoms with Crippen molar-refractivity contribution in [2.75, 3.05) is 33.4 Å². The third kappa shape index (κ3) is 3.42. The van der Waals surface area contributed by atoms with Crippen LogP contribution < -0.4 is 0 Å². The molecule has 1 heterocycles. The summed E-state index contributed by atoms with van der Waals surface area (Å²) < 4.78 is 17.8. The number of rotatable bonds is 3. The summed E-state index contributed by atoms with van der Waals surface area (Å²) in [6.07, 6.45) is 1.37. The number of hydrogen-bond donors (Lipinski definition) is 0. The number of ether oxygens (including phenoxy) is 1. The molecule has 0 amide bonds. The Balaban J connectivity index is 2.57. The monoisotopic (exact) mass is 217 g/mol. The van der Waals surface area contributed by atoms with Gasteiger partial charge in [-0.15, -0.1) is 0 Å². The lowest BCUT2D eigenvalue weighted by atomic mass is 9.73. The van der Waals surface area contributed by atoms with E-state index < -0.39 is 0 Å². The van der Waals surface area contributed by atoms with E-state index in [2.05, 4.69) is 25.7 Å². The van der Waals surface area contributed by atoms with Crippen molar-refractivity contribution in [3.8, 4) is 0 Å². The van der Waals surface area contributed by atoms with Gasteiger partial charge in [-0.3, -0.25) is 4.90 Å². The molecule has 90 valence electrons. The average Bonchev–Trinajstić information content (AvgIpc) is 2.16. The van der Waals surface area contributed by atoms with Gasteiger partial charge in [-0.25, -0.2) is 4.39 Å². The highest BCUT2D eigenvalue weighted by atomic mass is 19.1. The summed E-state index contributed by atoms with van der Waals surface area (Å²) in [5.41, 5.74) is 0.280. The van der Waals surface area contributed by atoms with Crippen molar-refractivity contribution in [1.29, 1.82) is 0 Å². The Morgan fingerprint density at radius 3 is 2.53 bits per heavy atom. The van der Waals surface area contributed by atoms with E-state index in [1.165, 1.54) is 0 Å². The van der Waals surface area contributed by atoms with Crippen molar-refractivity contribution in [3.05, 3.63) is 0 Å². The van der Waals surface area contributed by atoms with Crippen molar-refractivity contribution >= 4 is 0 Å². The van der Waals surface area contributed by atoms with E-state index in [1.54, 1.807) is 7.11 Å². The lowest BCUT2D eigenvalue weighted by molar-refractivity contribution is -0.0503. The summed E-state index contributed by atoms with van der Waals surface area (Å²) in [7, 11) is 1.77. The second kappa shape index (κ2) is 5.26. The van der Waals surface area contributed by atoms with Crippen LogP contribution >= 0.6 is 0 Å². The van der Waals surface area contributed by atoms with Crippen molar-refractivity contribution in [3.63, 3.8) is 0 Å². The van der Waals surface area contributed by atoms with E-state index in [0.717, 1.165) is 19.5 Å². The highest BCUT2D eigenvalue weighted by Crippen LogP contribution is 2.35. The minimum absolute atomic E-state index is 0.253. The Bertz CT molecular complexity index is 191. The average molecular weight is 217 g/mol. The van der Waals surface area contributed by atoms with Crippen LogP contribution in [0.1, 0.15) is 27.2 Å². The van der Waals surface area contributed by atoms with Crippen molar-refractivity contribution in [2.24, 2.45) is 11.3 Å². The molecule has 0 aromatic carbocycles. The predicted molar refractivity (Wildman–Crippen MR) is 60.8 cm³/mol. The second-order valence-corrected chi connectivity index (χ2v) is 5.52. The Morgan fingerprint density at radius 2 is 2.07 bits per heavy atom. The quantitative estimate of drug-likeness (QED) is 0.719. The topological polar surface area (TPSA) is 12.5 Å². The molecule has 0 spiro atoms. The lowest BCUT2D eigenvalue weighted by Crippen LogP contribution is -2.49. The summed E-state index contributed by atoms with van der Waals surface area (Å²) in [4.78, 5) is 2.16. The van der Waals surface area contributed by atoms with Crippen LogP contribution in [0, 0.1) is 11.3 Å². The first-order chi connectivity index (χ1) is 6.99. The number of methoxy groups -OCH3 is 1. The van der Waals surface area contributed by atoms with Crippen LogP contribution in [0.2, 0.25) is 0 Å². The molecular formula is C12H24FNO. The van der Waals surface area contributed by atoms with Gasteiger partial charge in [0.15, 0.2) is 0 Å². The first kappa shape index (κ1) is 12.9. The van der Waals surface area contributed by atoms with E-state index in [-0.39, 0.29) is 18.2 Å². The van der Waals surface area contributed by atoms with Crippen LogP contribution in [0.25, 0.3) is 0 Å². The van der Waals surface area contributed by atoms with Crippen molar-refractivity contribution < 1.29 is 9.13 Å². The highest BCUT2D eigenvalue weighted by molar-refractivity contribution is 4.87. The van der Waals surface area contributed by atoms with Gasteiger partial charge in [-0.2, -0.15) is 0 Å². The van der Waals surface area contributed by atoms with Gasteiger partial charge in [0.1, 0.15) is 6.67 Å². The maximum atomic E-state index is 12.3. The number of nitrogens with zero attached hydrogens (tertiary/aromatic N) is 1. The Kier molecular flexibility index (Phi) is 4.53. The summed E-state index contributed by atoms with van der Waals surface area (Å²) in [6, 6.07) is 0. The van der Waals surface area contributed by atoms with Gasteiger partial charge in [-0.1, -0.05) is 20.8 Å². The molecule has 15 heavy (non-hydrogen) atoms. The summed E-state index contributed by atoms with van der Waals surface area (Å²) in [5, 5.41) is 0. The first-order valence-corrected chi connectivity index (χ1v) is 5.80. The fraction of sp³-hybridized carbons (Fsp3) is 1.00. The Morgan fingerprint density at radius 1 is 1.40 bits per heavy atom. The maximum absolute atomic E-state index is 12.3. The van der Waals surface area contributed by atoms with Gasteiger partial charge in [0, 0.05) is 20.2 Å². The molecule has 0 aromatic rings. The molecule has 2 atom stereocenters. The number of piperidine rings is 1. The van der Waals surface area contributed by atoms with Crippen molar-refractivity contribution in [2.45, 2.75) is 33.3 Å². The van der Waals surface area contributed by atoms with Crippen LogP contribution in [-0.2, 0) is 4.74 Å². The fourth-order valence-corrected chi connectivity index (χ4v) is 2.53. The second-order valence-electron chi connectivity index (χ2n) is 5.52. The minimum atomic E-state index is -0.253. The zero-order valence-electron chi connectivity index (χ0n) is 10.4. The molecule has 2 unspecified atom stereocenters. The molecule has 2 nitrogen and oxygen atoms in total. The molecule has 0 bridgehead atoms. The molecule has 1 aliphatic heterocycles. The molecule has 0 saturated carbocycles. The van der Waals surface area contributed by atoms with E-state index in [0.29, 0.717) is 12.5 Å². The molecule has 0 radical (unpaired) electrons. The van der Waals surface area contributed by atoms with Crippen LogP contribution in [0.5, 0.6) is 0 Å². The summed E-state index contributed by atoms with van der Waals surface area (Å²) >= 11 is 0. The van der Waals surface area contributed by atoms with Gasteiger partial charge >= 0.3 is 0 Å². The summed E-state index contributed by atoms with van der Waals surface area (Å²) in [6.45, 7) is 8.96. The first-order valence-electron chi connectivity index (χ1n) is 5.80. The Hall–Kier alpha value is -0.150. The molecule has 1 rings (SSSR count). The van der Waals surface area contributed by atoms with E-state index in [4.69, 9.17) is 4.74 Å². The molecule has 0 aromatic heterocycles. The normalized spacial score (nSPS) is 29.4. The molecule has 1 fully saturated rings. The zero-order chi connectivity index (χ0) is 11.5. The lowest BCUT2D eigenvalue weighted by Gasteiger charge is -2.43. The van der Waals surface area contributed by atoms with Gasteiger partial charge in [0.2, 0.25) is 0 Å². The van der Waals surface area contributed by atoms with Crippen LogP contribution in [0.3, 0.4) is 0 Å². The van der Waals surface area contributed by atoms with E-state index in [1.807, 2.05) is 0 Å². The van der Waals surface area contributed by atoms with Gasteiger partial charge < -0.3 is 4.74 Å². The van der Waals surface area contributed by atoms with E-state index in [9.17, 15) is 4.39 Å². The van der Waals surface area contributed by atoms with Gasteiger partial charge in [0.25, 0.3) is 0 Å². The smallest absolute Gasteiger partial charge is 0.102 e. The van der Waals surface area contributed by atoms with Crippen LogP contribution in [-0.4, -0.2) is 44.4 Å². The molecule has 0 aliphatic carbocycles. The standard InChI is InChI=1S/C12H24FNO/c1-12(2,3)10-5-7-14(8-6-13)9-11(10)15-4/h10-11H,5-9H2,1-4H3. The molecule has 1 saturated heterocycles. The molecular weight excluding hydrogens is 193 g/mol. The number of halogens is 1. The SMILES string of the molecule is COC1CN(CCF)CCC1C(C)(C)C. The molecule has 1 aliphatic rings. The van der Waals surface area contributed by atoms with Crippen LogP contribution in [0.15, 0.2) is 0 Å². The predicted octanol–water partition coefficient (Wildman–Crippen LogP) is 2.34. The van der Waals surface area contributed by atoms with Crippen LogP contribution in [0.4, 0.5) is 4.39 Å². The third-order valence-electron chi connectivity index (χ3n) is 3.46. The maximum Gasteiger partial charge on any atom is 0.102 e. The highest BCUT2D eigenvalue weighted by Gasteiger charge is 2.36. The largest absolute Gasteiger partial charge is 0.380 e. The van der Waals surface area contributed by atoms with Gasteiger partial charge in [0.05, 0.1) is 6.10 Å². The number of hydrogen-bond acceptors (Lipinski definition) is 2. The molecule has 3 heteroatoms. The zero-order valence-corrected chi connectivity index (χ0v) is 10.4. The molecule has 0 N–H and O–H groups in total. The minimum Gasteiger partial charge on any atom is -0.380 e. The number of alkyl halides is 1.